The number of oxazole rings is 1. The highest BCUT2D eigenvalue weighted by Crippen LogP contribution is 2.25. The van der Waals surface area contributed by atoms with Crippen molar-refractivity contribution in [1.29, 1.82) is 0 Å². The van der Waals surface area contributed by atoms with Gasteiger partial charge < -0.3 is 9.73 Å². The van der Waals surface area contributed by atoms with E-state index in [-0.39, 0.29) is 33.7 Å². The van der Waals surface area contributed by atoms with Gasteiger partial charge in [0.05, 0.1) is 10.7 Å². The summed E-state index contributed by atoms with van der Waals surface area (Å²) in [6.07, 6.45) is 1.79. The number of nitro groups is 1. The number of rotatable bonds is 4. The molecule has 0 spiro atoms. The molecule has 1 atom stereocenters. The molecule has 22 heavy (non-hydrogen) atoms. The third-order valence-electron chi connectivity index (χ3n) is 3.68. The molecule has 1 unspecified atom stereocenters. The molecule has 2 aromatic rings. The minimum absolute atomic E-state index is 0.0306. The van der Waals surface area contributed by atoms with Crippen LogP contribution in [-0.4, -0.2) is 37.2 Å². The van der Waals surface area contributed by atoms with Crippen molar-refractivity contribution in [3.63, 3.8) is 0 Å². The second-order valence-electron chi connectivity index (χ2n) is 5.38. The van der Waals surface area contributed by atoms with Crippen molar-refractivity contribution < 1.29 is 17.8 Å². The lowest BCUT2D eigenvalue weighted by Gasteiger charge is -2.21. The number of piperidine rings is 1. The number of aromatic nitrogens is 1. The summed E-state index contributed by atoms with van der Waals surface area (Å²) in [7, 11) is -3.64. The Morgan fingerprint density at radius 3 is 2.95 bits per heavy atom. The minimum Gasteiger partial charge on any atom is -0.428 e. The van der Waals surface area contributed by atoms with Crippen molar-refractivity contribution in [2.75, 3.05) is 18.8 Å². The minimum atomic E-state index is -3.64. The predicted molar refractivity (Wildman–Crippen MR) is 78.3 cm³/mol. The van der Waals surface area contributed by atoms with E-state index >= 15 is 0 Å². The van der Waals surface area contributed by atoms with Crippen LogP contribution in [0.25, 0.3) is 11.1 Å². The van der Waals surface area contributed by atoms with Crippen LogP contribution in [0.1, 0.15) is 12.8 Å². The third kappa shape index (κ3) is 2.95. The molecule has 1 aliphatic heterocycles. The first-order valence-corrected chi connectivity index (χ1v) is 8.59. The van der Waals surface area contributed by atoms with Gasteiger partial charge in [-0.1, -0.05) is 0 Å². The largest absolute Gasteiger partial charge is 0.428 e. The number of sulfone groups is 1. The maximum absolute atomic E-state index is 12.4. The van der Waals surface area contributed by atoms with Crippen molar-refractivity contribution in [2.45, 2.75) is 18.1 Å². The Hall–Kier alpha value is -2.00. The van der Waals surface area contributed by atoms with Gasteiger partial charge in [0.15, 0.2) is 5.58 Å². The number of non-ortho nitro benzene ring substituents is 1. The molecule has 1 fully saturated rings. The monoisotopic (exact) mass is 325 g/mol. The van der Waals surface area contributed by atoms with E-state index < -0.39 is 14.8 Å². The van der Waals surface area contributed by atoms with Crippen LogP contribution in [0.4, 0.5) is 5.69 Å². The Morgan fingerprint density at radius 2 is 2.27 bits per heavy atom. The number of nitrogens with one attached hydrogen (secondary N) is 1. The first kappa shape index (κ1) is 14.9. The molecule has 2 heterocycles. The highest BCUT2D eigenvalue weighted by atomic mass is 32.2. The Labute approximate surface area is 126 Å². The highest BCUT2D eigenvalue weighted by molar-refractivity contribution is 7.91. The normalized spacial score (nSPS) is 19.4. The molecule has 3 rings (SSSR count). The topological polar surface area (TPSA) is 115 Å². The summed E-state index contributed by atoms with van der Waals surface area (Å²) < 4.78 is 30.0. The van der Waals surface area contributed by atoms with E-state index in [2.05, 4.69) is 10.3 Å². The van der Waals surface area contributed by atoms with Gasteiger partial charge >= 0.3 is 5.22 Å². The zero-order chi connectivity index (χ0) is 15.7. The van der Waals surface area contributed by atoms with Crippen molar-refractivity contribution in [2.24, 2.45) is 5.92 Å². The van der Waals surface area contributed by atoms with E-state index in [0.29, 0.717) is 6.54 Å². The predicted octanol–water partition coefficient (Wildman–Crippen LogP) is 1.51. The number of hydrogen-bond donors (Lipinski definition) is 1. The van der Waals surface area contributed by atoms with E-state index in [1.807, 2.05) is 0 Å². The van der Waals surface area contributed by atoms with Crippen LogP contribution < -0.4 is 5.32 Å². The number of nitrogens with zero attached hydrogens (tertiary/aromatic N) is 2. The molecule has 1 aromatic carbocycles. The van der Waals surface area contributed by atoms with Gasteiger partial charge in [-0.25, -0.2) is 8.42 Å². The summed E-state index contributed by atoms with van der Waals surface area (Å²) in [6.45, 7) is 1.56. The molecule has 1 aliphatic rings. The lowest BCUT2D eigenvalue weighted by Crippen LogP contribution is -2.33. The lowest BCUT2D eigenvalue weighted by molar-refractivity contribution is -0.384. The molecule has 0 aliphatic carbocycles. The van der Waals surface area contributed by atoms with E-state index in [0.717, 1.165) is 19.4 Å². The van der Waals surface area contributed by atoms with E-state index in [9.17, 15) is 18.5 Å². The van der Waals surface area contributed by atoms with Crippen LogP contribution in [0.3, 0.4) is 0 Å². The molecule has 118 valence electrons. The quantitative estimate of drug-likeness (QED) is 0.669. The van der Waals surface area contributed by atoms with Crippen molar-refractivity contribution >= 4 is 26.6 Å². The SMILES string of the molecule is O=[N+]([O-])c1ccc2oc(S(=O)(=O)CC3CCCNC3)nc2c1. The van der Waals surface area contributed by atoms with Crippen LogP contribution >= 0.6 is 0 Å². The van der Waals surface area contributed by atoms with Crippen LogP contribution in [0.5, 0.6) is 0 Å². The fourth-order valence-corrected chi connectivity index (χ4v) is 4.09. The zero-order valence-electron chi connectivity index (χ0n) is 11.7. The molecule has 1 N–H and O–H groups in total. The third-order valence-corrected chi connectivity index (χ3v) is 5.30. The van der Waals surface area contributed by atoms with E-state index in [4.69, 9.17) is 4.42 Å². The van der Waals surface area contributed by atoms with Crippen LogP contribution in [-0.2, 0) is 9.84 Å². The van der Waals surface area contributed by atoms with Gasteiger partial charge in [0.25, 0.3) is 5.69 Å². The fraction of sp³-hybridized carbons (Fsp3) is 0.462. The summed E-state index contributed by atoms with van der Waals surface area (Å²) in [6, 6.07) is 3.83. The highest BCUT2D eigenvalue weighted by Gasteiger charge is 2.27. The van der Waals surface area contributed by atoms with Crippen LogP contribution in [0.15, 0.2) is 27.8 Å². The van der Waals surface area contributed by atoms with Gasteiger partial charge in [0, 0.05) is 12.1 Å². The van der Waals surface area contributed by atoms with Gasteiger partial charge in [-0.05, 0) is 37.9 Å². The summed E-state index contributed by atoms with van der Waals surface area (Å²) in [5.74, 6) is -0.00218. The summed E-state index contributed by atoms with van der Waals surface area (Å²) >= 11 is 0. The van der Waals surface area contributed by atoms with Crippen LogP contribution in [0, 0.1) is 16.0 Å². The second-order valence-corrected chi connectivity index (χ2v) is 7.29. The Bertz CT molecular complexity index is 808. The smallest absolute Gasteiger partial charge is 0.316 e. The van der Waals surface area contributed by atoms with Gasteiger partial charge in [-0.3, -0.25) is 10.1 Å². The zero-order valence-corrected chi connectivity index (χ0v) is 12.5. The van der Waals surface area contributed by atoms with Crippen molar-refractivity contribution in [3.05, 3.63) is 28.3 Å². The Balaban J connectivity index is 1.89. The Morgan fingerprint density at radius 1 is 1.45 bits per heavy atom. The maximum Gasteiger partial charge on any atom is 0.316 e. The number of nitro benzene ring substituents is 1. The Kier molecular flexibility index (Phi) is 3.83. The first-order valence-electron chi connectivity index (χ1n) is 6.94. The summed E-state index contributed by atoms with van der Waals surface area (Å²) in [5.41, 5.74) is 0.252. The molecule has 0 saturated carbocycles. The second kappa shape index (κ2) is 5.65. The summed E-state index contributed by atoms with van der Waals surface area (Å²) in [4.78, 5) is 14.1. The van der Waals surface area contributed by atoms with Gasteiger partial charge in [-0.2, -0.15) is 4.98 Å². The molecule has 1 aromatic heterocycles. The lowest BCUT2D eigenvalue weighted by atomic mass is 10.0. The van der Waals surface area contributed by atoms with Crippen molar-refractivity contribution in [3.8, 4) is 0 Å². The molecule has 8 nitrogen and oxygen atoms in total. The molecule has 9 heteroatoms. The van der Waals surface area contributed by atoms with Gasteiger partial charge in [0.1, 0.15) is 5.52 Å². The summed E-state index contributed by atoms with van der Waals surface area (Å²) in [5, 5.41) is 13.5. The molecular weight excluding hydrogens is 310 g/mol. The number of benzene rings is 1. The fourth-order valence-electron chi connectivity index (χ4n) is 2.59. The van der Waals surface area contributed by atoms with Crippen LogP contribution in [0.2, 0.25) is 0 Å². The average molecular weight is 325 g/mol. The maximum atomic E-state index is 12.4. The molecular formula is C13H15N3O5S. The molecule has 0 bridgehead atoms. The standard InChI is InChI=1S/C13H15N3O5S/c17-16(18)10-3-4-12-11(6-10)15-13(21-12)22(19,20)8-9-2-1-5-14-7-9/h3-4,6,9,14H,1-2,5,7-8H2. The number of fused-ring (bicyclic) bond motifs is 1. The number of hydrogen-bond acceptors (Lipinski definition) is 7. The van der Waals surface area contributed by atoms with E-state index in [1.165, 1.54) is 18.2 Å². The molecule has 1 saturated heterocycles. The van der Waals surface area contributed by atoms with Gasteiger partial charge in [-0.15, -0.1) is 0 Å². The molecule has 0 amide bonds. The van der Waals surface area contributed by atoms with E-state index in [1.54, 1.807) is 0 Å². The van der Waals surface area contributed by atoms with Crippen molar-refractivity contribution in [1.82, 2.24) is 10.3 Å². The molecule has 0 radical (unpaired) electrons. The first-order chi connectivity index (χ1) is 10.5. The van der Waals surface area contributed by atoms with Gasteiger partial charge in [0.2, 0.25) is 9.84 Å². The average Bonchev–Trinajstić information content (AvgIpc) is 2.91.